The smallest absolute Gasteiger partial charge is 0.256 e. The molecule has 31 heavy (non-hydrogen) atoms. The molecule has 2 aromatic rings. The van der Waals surface area contributed by atoms with Gasteiger partial charge in [-0.15, -0.1) is 0 Å². The molecule has 0 aromatic heterocycles. The number of anilines is 1. The van der Waals surface area contributed by atoms with Crippen molar-refractivity contribution in [3.05, 3.63) is 53.6 Å². The highest BCUT2D eigenvalue weighted by atomic mass is 16.5. The van der Waals surface area contributed by atoms with Crippen molar-refractivity contribution in [2.45, 2.75) is 32.7 Å². The van der Waals surface area contributed by atoms with Crippen LogP contribution in [-0.4, -0.2) is 49.9 Å². The van der Waals surface area contributed by atoms with Crippen molar-refractivity contribution in [2.75, 3.05) is 31.9 Å². The summed E-state index contributed by atoms with van der Waals surface area (Å²) in [6.07, 6.45) is 3.80. The summed E-state index contributed by atoms with van der Waals surface area (Å²) in [6, 6.07) is 13.7. The predicted octanol–water partition coefficient (Wildman–Crippen LogP) is 3.63. The Hall–Kier alpha value is -3.06. The fraction of sp³-hybridized carbons (Fsp3) is 0.417. The molecule has 2 aliphatic rings. The quantitative estimate of drug-likeness (QED) is 0.770. The van der Waals surface area contributed by atoms with E-state index in [2.05, 4.69) is 17.5 Å². The molecule has 0 radical (unpaired) electrons. The van der Waals surface area contributed by atoms with Crippen molar-refractivity contribution in [1.82, 2.24) is 10.3 Å². The van der Waals surface area contributed by atoms with Crippen molar-refractivity contribution >= 4 is 17.8 Å². The summed E-state index contributed by atoms with van der Waals surface area (Å²) in [6.45, 7) is 6.06. The molecule has 2 unspecified atom stereocenters. The second-order valence-corrected chi connectivity index (χ2v) is 8.23. The van der Waals surface area contributed by atoms with Gasteiger partial charge in [-0.25, -0.2) is 5.43 Å². The van der Waals surface area contributed by atoms with Gasteiger partial charge >= 0.3 is 0 Å². The van der Waals surface area contributed by atoms with E-state index in [1.165, 1.54) is 0 Å². The number of piperidine rings is 1. The van der Waals surface area contributed by atoms with Crippen molar-refractivity contribution < 1.29 is 14.3 Å². The summed E-state index contributed by atoms with van der Waals surface area (Å²) in [5.41, 5.74) is 5.68. The summed E-state index contributed by atoms with van der Waals surface area (Å²) in [5.74, 6) is 1.96. The van der Waals surface area contributed by atoms with Crippen LogP contribution in [0, 0.1) is 12.8 Å². The van der Waals surface area contributed by atoms with E-state index in [1.807, 2.05) is 54.3 Å². The van der Waals surface area contributed by atoms with Crippen molar-refractivity contribution in [1.29, 1.82) is 0 Å². The van der Waals surface area contributed by atoms with Gasteiger partial charge in [-0.3, -0.25) is 4.79 Å². The van der Waals surface area contributed by atoms with Gasteiger partial charge in [0.1, 0.15) is 11.5 Å². The molecule has 7 heteroatoms. The van der Waals surface area contributed by atoms with Gasteiger partial charge in [0.2, 0.25) is 0 Å². The summed E-state index contributed by atoms with van der Waals surface area (Å²) in [7, 11) is 1.65. The number of likely N-dealkylation sites (tertiary alicyclic amines) is 1. The Bertz CT molecular complexity index is 944. The van der Waals surface area contributed by atoms with Crippen LogP contribution < -0.4 is 20.0 Å². The third-order valence-electron chi connectivity index (χ3n) is 5.93. The lowest BCUT2D eigenvalue weighted by molar-refractivity contribution is 0.0505. The fourth-order valence-electron chi connectivity index (χ4n) is 4.09. The van der Waals surface area contributed by atoms with E-state index in [0.29, 0.717) is 31.2 Å². The molecule has 2 heterocycles. The first-order valence-electron chi connectivity index (χ1n) is 10.8. The van der Waals surface area contributed by atoms with E-state index in [9.17, 15) is 4.79 Å². The number of nitrogens with zero attached hydrogens (tertiary/aromatic N) is 3. The molecular formula is C24H30N4O3. The van der Waals surface area contributed by atoms with Gasteiger partial charge in [-0.1, -0.05) is 11.6 Å². The molecule has 2 aliphatic heterocycles. The number of rotatable bonds is 6. The maximum atomic E-state index is 13.6. The van der Waals surface area contributed by atoms with E-state index >= 15 is 0 Å². The van der Waals surface area contributed by atoms with E-state index in [1.54, 1.807) is 18.4 Å². The van der Waals surface area contributed by atoms with Crippen LogP contribution in [0.15, 0.2) is 47.6 Å². The first kappa shape index (κ1) is 21.2. The number of amides is 1. The zero-order chi connectivity index (χ0) is 21.8. The Balaban J connectivity index is 1.46. The average Bonchev–Trinajstić information content (AvgIpc) is 3.33. The second-order valence-electron chi connectivity index (χ2n) is 8.23. The number of nitrogens with one attached hydrogen (secondary N) is 1. The monoisotopic (exact) mass is 422 g/mol. The van der Waals surface area contributed by atoms with Crippen LogP contribution in [0.1, 0.15) is 35.7 Å². The molecule has 2 atom stereocenters. The number of hydrazine groups is 1. The van der Waals surface area contributed by atoms with Crippen LogP contribution in [0.4, 0.5) is 5.69 Å². The van der Waals surface area contributed by atoms with E-state index < -0.39 is 0 Å². The van der Waals surface area contributed by atoms with Crippen molar-refractivity contribution in [3.8, 4) is 11.5 Å². The van der Waals surface area contributed by atoms with Gasteiger partial charge in [0.05, 0.1) is 31.5 Å². The number of hydrazone groups is 1. The number of carbonyl (C=O) groups is 1. The number of hydrogen-bond donors (Lipinski definition) is 1. The highest BCUT2D eigenvalue weighted by Gasteiger charge is 2.32. The molecule has 1 N–H and O–H groups in total. The van der Waals surface area contributed by atoms with Crippen molar-refractivity contribution in [2.24, 2.45) is 11.0 Å². The van der Waals surface area contributed by atoms with E-state index in [4.69, 9.17) is 9.47 Å². The van der Waals surface area contributed by atoms with Gasteiger partial charge < -0.3 is 14.4 Å². The van der Waals surface area contributed by atoms with Gasteiger partial charge in [0.25, 0.3) is 5.91 Å². The normalized spacial score (nSPS) is 20.7. The molecule has 4 rings (SSSR count). The summed E-state index contributed by atoms with van der Waals surface area (Å²) in [5, 5.41) is 6.02. The molecule has 0 bridgehead atoms. The van der Waals surface area contributed by atoms with Gasteiger partial charge in [-0.05, 0) is 63.1 Å². The number of ether oxygens (including phenoxy) is 2. The Kier molecular flexibility index (Phi) is 6.42. The zero-order valence-corrected chi connectivity index (χ0v) is 18.4. The van der Waals surface area contributed by atoms with Gasteiger partial charge in [-0.2, -0.15) is 10.2 Å². The van der Waals surface area contributed by atoms with Gasteiger partial charge in [0, 0.05) is 24.7 Å². The lowest BCUT2D eigenvalue weighted by Gasteiger charge is -2.38. The first-order chi connectivity index (χ1) is 15.0. The van der Waals surface area contributed by atoms with Crippen LogP contribution in [0.2, 0.25) is 0 Å². The zero-order valence-electron chi connectivity index (χ0n) is 18.4. The molecule has 0 aliphatic carbocycles. The molecule has 7 nitrogen and oxygen atoms in total. The molecule has 2 aromatic carbocycles. The standard InChI is InChI=1S/C24H30N4O3/c1-17-4-11-23(28-25-12-13-26-28)22(14-17)24(29)27-15-19(6-5-18(27)2)16-31-21-9-7-20(30-3)8-10-21/h4,7-12,14,18-19,26H,5-6,13,15-16H2,1-3H3. The number of methoxy groups -OCH3 is 1. The van der Waals surface area contributed by atoms with E-state index in [0.717, 1.165) is 35.6 Å². The van der Waals surface area contributed by atoms with Crippen LogP contribution in [-0.2, 0) is 0 Å². The van der Waals surface area contributed by atoms with Crippen LogP contribution in [0.5, 0.6) is 11.5 Å². The van der Waals surface area contributed by atoms with Crippen molar-refractivity contribution in [3.63, 3.8) is 0 Å². The number of benzene rings is 2. The average molecular weight is 423 g/mol. The predicted molar refractivity (Wildman–Crippen MR) is 122 cm³/mol. The summed E-state index contributed by atoms with van der Waals surface area (Å²) < 4.78 is 11.2. The van der Waals surface area contributed by atoms with Gasteiger partial charge in [0.15, 0.2) is 0 Å². The third kappa shape index (κ3) is 4.82. The minimum absolute atomic E-state index is 0.0456. The topological polar surface area (TPSA) is 66.4 Å². The molecule has 164 valence electrons. The highest BCUT2D eigenvalue weighted by molar-refractivity contribution is 6.00. The Morgan fingerprint density at radius 1 is 1.16 bits per heavy atom. The maximum Gasteiger partial charge on any atom is 0.256 e. The number of hydrogen-bond acceptors (Lipinski definition) is 6. The Morgan fingerprint density at radius 3 is 2.65 bits per heavy atom. The Morgan fingerprint density at radius 2 is 1.94 bits per heavy atom. The highest BCUT2D eigenvalue weighted by Crippen LogP contribution is 2.29. The first-order valence-corrected chi connectivity index (χ1v) is 10.8. The number of carbonyl (C=O) groups excluding carboxylic acids is 1. The molecule has 0 spiro atoms. The lowest BCUT2D eigenvalue weighted by Crippen LogP contribution is -2.47. The van der Waals surface area contributed by atoms with Crippen LogP contribution in [0.3, 0.4) is 0 Å². The van der Waals surface area contributed by atoms with Crippen LogP contribution >= 0.6 is 0 Å². The minimum Gasteiger partial charge on any atom is -0.497 e. The molecule has 0 saturated carbocycles. The third-order valence-corrected chi connectivity index (χ3v) is 5.93. The summed E-state index contributed by atoms with van der Waals surface area (Å²) >= 11 is 0. The number of aryl methyl sites for hydroxylation is 1. The molecule has 1 saturated heterocycles. The van der Waals surface area contributed by atoms with E-state index in [-0.39, 0.29) is 11.9 Å². The molecular weight excluding hydrogens is 392 g/mol. The minimum atomic E-state index is 0.0456. The molecule has 1 fully saturated rings. The maximum absolute atomic E-state index is 13.6. The fourth-order valence-corrected chi connectivity index (χ4v) is 4.09. The SMILES string of the molecule is COc1ccc(OCC2CCC(C)N(C(=O)c3cc(C)ccc3N3N=CCN3)C2)cc1. The summed E-state index contributed by atoms with van der Waals surface area (Å²) in [4.78, 5) is 15.6. The van der Waals surface area contributed by atoms with Crippen LogP contribution in [0.25, 0.3) is 0 Å². The Labute approximate surface area is 183 Å². The molecule has 1 amide bonds. The second kappa shape index (κ2) is 9.39. The lowest BCUT2D eigenvalue weighted by atomic mass is 9.93. The largest absolute Gasteiger partial charge is 0.497 e.